The molecule has 4 rings (SSSR count). The molecule has 2 aromatic carbocycles. The van der Waals surface area contributed by atoms with Gasteiger partial charge in [-0.15, -0.1) is 0 Å². The van der Waals surface area contributed by atoms with Crippen molar-refractivity contribution in [3.63, 3.8) is 0 Å². The number of aromatic nitrogens is 1. The number of rotatable bonds is 2. The van der Waals surface area contributed by atoms with E-state index in [-0.39, 0.29) is 11.9 Å². The van der Waals surface area contributed by atoms with Crippen LogP contribution in [0.25, 0.3) is 0 Å². The molecular weight excluding hydrogens is 320 g/mol. The monoisotopic (exact) mass is 340 g/mol. The smallest absolute Gasteiger partial charge is 0.271 e. The molecule has 128 valence electrons. The van der Waals surface area contributed by atoms with E-state index in [9.17, 15) is 4.79 Å². The van der Waals surface area contributed by atoms with E-state index in [1.807, 2.05) is 70.3 Å². The summed E-state index contributed by atoms with van der Waals surface area (Å²) in [4.78, 5) is 14.9. The van der Waals surface area contributed by atoms with Gasteiger partial charge in [-0.3, -0.25) is 4.79 Å². The Labute approximate surface area is 153 Å². The number of benzene rings is 2. The molecule has 26 heavy (non-hydrogen) atoms. The Kier molecular flexibility index (Phi) is 4.33. The van der Waals surface area contributed by atoms with Crippen LogP contribution in [0.1, 0.15) is 40.1 Å². The van der Waals surface area contributed by atoms with Crippen LogP contribution in [-0.4, -0.2) is 21.9 Å². The van der Waals surface area contributed by atoms with Crippen LogP contribution in [0.3, 0.4) is 0 Å². The molecule has 1 aliphatic heterocycles. The zero-order chi connectivity index (χ0) is 17.9. The molecule has 3 aromatic rings. The average molecular weight is 340 g/mol. The number of amides is 1. The Balaban J connectivity index is 1.58. The Bertz CT molecular complexity index is 977. The third-order valence-corrected chi connectivity index (χ3v) is 4.83. The van der Waals surface area contributed by atoms with E-state index < -0.39 is 0 Å². The van der Waals surface area contributed by atoms with Gasteiger partial charge in [0.2, 0.25) is 0 Å². The van der Waals surface area contributed by atoms with E-state index >= 15 is 0 Å². The van der Waals surface area contributed by atoms with Crippen LogP contribution in [0.15, 0.2) is 72.9 Å². The summed E-state index contributed by atoms with van der Waals surface area (Å²) in [7, 11) is 0. The van der Waals surface area contributed by atoms with Crippen molar-refractivity contribution in [3.8, 4) is 11.8 Å². The summed E-state index contributed by atoms with van der Waals surface area (Å²) in [6.07, 6.45) is 1.98. The van der Waals surface area contributed by atoms with Crippen molar-refractivity contribution >= 4 is 5.91 Å². The van der Waals surface area contributed by atoms with Gasteiger partial charge in [-0.05, 0) is 30.7 Å². The fourth-order valence-corrected chi connectivity index (χ4v) is 3.35. The number of hydrogen-bond donors (Lipinski definition) is 0. The van der Waals surface area contributed by atoms with Crippen molar-refractivity contribution in [2.75, 3.05) is 6.54 Å². The highest BCUT2D eigenvalue weighted by Crippen LogP contribution is 2.25. The largest absolute Gasteiger partial charge is 0.340 e. The minimum Gasteiger partial charge on any atom is -0.340 e. The van der Waals surface area contributed by atoms with E-state index in [0.717, 1.165) is 28.9 Å². The summed E-state index contributed by atoms with van der Waals surface area (Å²) in [6, 6.07) is 22.0. The molecule has 0 aliphatic carbocycles. The molecule has 0 spiro atoms. The molecule has 0 N–H and O–H groups in total. The van der Waals surface area contributed by atoms with Gasteiger partial charge in [0.15, 0.2) is 0 Å². The Morgan fingerprint density at radius 3 is 2.27 bits per heavy atom. The first-order chi connectivity index (χ1) is 12.7. The molecule has 3 nitrogen and oxygen atoms in total. The van der Waals surface area contributed by atoms with Crippen LogP contribution >= 0.6 is 0 Å². The fraction of sp³-hybridized carbons (Fsp3) is 0.174. The van der Waals surface area contributed by atoms with E-state index in [1.54, 1.807) is 0 Å². The van der Waals surface area contributed by atoms with Gasteiger partial charge in [0.05, 0.1) is 6.04 Å². The Morgan fingerprint density at radius 2 is 1.54 bits per heavy atom. The van der Waals surface area contributed by atoms with Gasteiger partial charge in [-0.25, -0.2) is 0 Å². The lowest BCUT2D eigenvalue weighted by molar-refractivity contribution is 0.0632. The van der Waals surface area contributed by atoms with Crippen LogP contribution < -0.4 is 0 Å². The predicted molar refractivity (Wildman–Crippen MR) is 103 cm³/mol. The van der Waals surface area contributed by atoms with Crippen LogP contribution in [0.4, 0.5) is 0 Å². The van der Waals surface area contributed by atoms with E-state index in [4.69, 9.17) is 0 Å². The lowest BCUT2D eigenvalue weighted by Crippen LogP contribution is -2.41. The molecule has 0 unspecified atom stereocenters. The first-order valence-electron chi connectivity index (χ1n) is 8.85. The lowest BCUT2D eigenvalue weighted by Gasteiger charge is -2.33. The van der Waals surface area contributed by atoms with Gasteiger partial charge in [0.25, 0.3) is 5.91 Å². The molecule has 0 fully saturated rings. The normalized spacial score (nSPS) is 14.3. The lowest BCUT2D eigenvalue weighted by atomic mass is 10.1. The second-order valence-electron chi connectivity index (χ2n) is 6.51. The molecule has 1 aliphatic rings. The van der Waals surface area contributed by atoms with Crippen molar-refractivity contribution in [3.05, 3.63) is 95.3 Å². The van der Waals surface area contributed by atoms with E-state index in [2.05, 4.69) is 30.9 Å². The Morgan fingerprint density at radius 1 is 0.885 bits per heavy atom. The summed E-state index contributed by atoms with van der Waals surface area (Å²) in [6.45, 7) is 3.59. The highest BCUT2D eigenvalue weighted by Gasteiger charge is 2.29. The first kappa shape index (κ1) is 16.2. The number of hydrogen-bond acceptors (Lipinski definition) is 1. The molecule has 3 heteroatoms. The second-order valence-corrected chi connectivity index (χ2v) is 6.51. The van der Waals surface area contributed by atoms with Gasteiger partial charge in [-0.1, -0.05) is 60.4 Å². The zero-order valence-electron chi connectivity index (χ0n) is 14.7. The molecule has 1 atom stereocenters. The average Bonchev–Trinajstić information content (AvgIpc) is 3.12. The van der Waals surface area contributed by atoms with Crippen LogP contribution in [0.2, 0.25) is 0 Å². The summed E-state index contributed by atoms with van der Waals surface area (Å²) in [5, 5.41) is 0. The van der Waals surface area contributed by atoms with Crippen molar-refractivity contribution in [1.82, 2.24) is 9.47 Å². The van der Waals surface area contributed by atoms with Crippen molar-refractivity contribution in [2.45, 2.75) is 19.5 Å². The molecule has 1 aromatic heterocycles. The molecule has 0 saturated heterocycles. The maximum atomic E-state index is 13.0. The Hall–Kier alpha value is -3.25. The van der Waals surface area contributed by atoms with E-state index in [0.29, 0.717) is 6.54 Å². The first-order valence-corrected chi connectivity index (χ1v) is 8.85. The van der Waals surface area contributed by atoms with Gasteiger partial charge in [0.1, 0.15) is 5.69 Å². The maximum Gasteiger partial charge on any atom is 0.271 e. The fourth-order valence-electron chi connectivity index (χ4n) is 3.35. The predicted octanol–water partition coefficient (Wildman–Crippen LogP) is 4.10. The van der Waals surface area contributed by atoms with Crippen LogP contribution in [0.5, 0.6) is 0 Å². The van der Waals surface area contributed by atoms with Crippen LogP contribution in [0, 0.1) is 11.8 Å². The zero-order valence-corrected chi connectivity index (χ0v) is 14.7. The molecule has 2 heterocycles. The molecular formula is C23H20N2O. The number of fused-ring (bicyclic) bond motifs is 1. The minimum atomic E-state index is 0.0613. The quantitative estimate of drug-likeness (QED) is 0.645. The van der Waals surface area contributed by atoms with Gasteiger partial charge in [-0.2, -0.15) is 0 Å². The van der Waals surface area contributed by atoms with Gasteiger partial charge >= 0.3 is 0 Å². The van der Waals surface area contributed by atoms with Crippen molar-refractivity contribution in [2.24, 2.45) is 0 Å². The van der Waals surface area contributed by atoms with Crippen LogP contribution in [-0.2, 0) is 6.54 Å². The number of carbonyl (C=O) groups excluding carboxylic acids is 1. The summed E-state index contributed by atoms with van der Waals surface area (Å²) in [5.41, 5.74) is 3.73. The summed E-state index contributed by atoms with van der Waals surface area (Å²) >= 11 is 0. The SMILES string of the molecule is C[C@@H](c1ccccc1)N1CCn2cc(C#Cc3ccccc3)cc2C1=O. The molecule has 0 bridgehead atoms. The minimum absolute atomic E-state index is 0.0613. The van der Waals surface area contributed by atoms with Gasteiger partial charge < -0.3 is 9.47 Å². The van der Waals surface area contributed by atoms with E-state index in [1.165, 1.54) is 0 Å². The third kappa shape index (κ3) is 3.14. The number of nitrogens with zero attached hydrogens (tertiary/aromatic N) is 2. The topological polar surface area (TPSA) is 25.2 Å². The van der Waals surface area contributed by atoms with Crippen molar-refractivity contribution in [1.29, 1.82) is 0 Å². The molecule has 0 saturated carbocycles. The molecule has 0 radical (unpaired) electrons. The highest BCUT2D eigenvalue weighted by atomic mass is 16.2. The second kappa shape index (κ2) is 6.93. The molecule has 1 amide bonds. The van der Waals surface area contributed by atoms with Gasteiger partial charge in [0, 0.05) is 30.4 Å². The number of carbonyl (C=O) groups is 1. The third-order valence-electron chi connectivity index (χ3n) is 4.83. The summed E-state index contributed by atoms with van der Waals surface area (Å²) in [5.74, 6) is 6.40. The summed E-state index contributed by atoms with van der Waals surface area (Å²) < 4.78 is 2.02. The van der Waals surface area contributed by atoms with Crippen molar-refractivity contribution < 1.29 is 4.79 Å². The standard InChI is InChI=1S/C23H20N2O/c1-18(21-10-6-3-7-11-21)25-15-14-24-17-20(16-22(24)23(25)26)13-12-19-8-4-2-5-9-19/h2-11,16-18H,14-15H2,1H3/t18-/m0/s1. The maximum absolute atomic E-state index is 13.0. The highest BCUT2D eigenvalue weighted by molar-refractivity contribution is 5.94.